The number of rotatable bonds is 5. The Bertz CT molecular complexity index is 1010. The Balaban J connectivity index is 1.67. The van der Waals surface area contributed by atoms with Crippen LogP contribution < -0.4 is 5.32 Å². The van der Waals surface area contributed by atoms with Gasteiger partial charge in [0.1, 0.15) is 5.69 Å². The molecule has 0 radical (unpaired) electrons. The molecule has 2 N–H and O–H groups in total. The predicted octanol–water partition coefficient (Wildman–Crippen LogP) is 3.40. The van der Waals surface area contributed by atoms with Crippen LogP contribution in [0.25, 0.3) is 10.9 Å². The number of ether oxygens (including phenoxy) is 1. The van der Waals surface area contributed by atoms with Crippen LogP contribution in [0.1, 0.15) is 17.4 Å². The first-order valence-electron chi connectivity index (χ1n) is 7.88. The topological polar surface area (TPSA) is 114 Å². The van der Waals surface area contributed by atoms with Crippen molar-refractivity contribution in [3.63, 3.8) is 0 Å². The van der Waals surface area contributed by atoms with Gasteiger partial charge in [-0.25, -0.2) is 4.79 Å². The average Bonchev–Trinajstić information content (AvgIpc) is 3.07. The van der Waals surface area contributed by atoms with Crippen LogP contribution in [-0.2, 0) is 9.53 Å². The maximum absolute atomic E-state index is 13.3. The van der Waals surface area contributed by atoms with Crippen LogP contribution >= 0.6 is 0 Å². The van der Waals surface area contributed by atoms with Gasteiger partial charge >= 0.3 is 11.7 Å². The normalized spacial score (nSPS) is 11.8. The second kappa shape index (κ2) is 7.24. The number of benzene rings is 2. The van der Waals surface area contributed by atoms with E-state index in [2.05, 4.69) is 10.3 Å². The summed E-state index contributed by atoms with van der Waals surface area (Å²) in [6, 6.07) is 11.8. The van der Waals surface area contributed by atoms with Gasteiger partial charge in [-0.3, -0.25) is 14.9 Å². The van der Waals surface area contributed by atoms with Crippen LogP contribution in [-0.4, -0.2) is 27.9 Å². The van der Waals surface area contributed by atoms with Gasteiger partial charge in [-0.05, 0) is 31.2 Å². The fourth-order valence-corrected chi connectivity index (χ4v) is 2.44. The van der Waals surface area contributed by atoms with Crippen LogP contribution in [0.2, 0.25) is 0 Å². The molecule has 0 saturated heterocycles. The summed E-state index contributed by atoms with van der Waals surface area (Å²) >= 11 is 0. The summed E-state index contributed by atoms with van der Waals surface area (Å²) in [4.78, 5) is 37.1. The maximum atomic E-state index is 13.3. The molecule has 2 aromatic carbocycles. The number of aromatic nitrogens is 1. The Hall–Kier alpha value is -3.75. The monoisotopic (exact) mass is 371 g/mol. The van der Waals surface area contributed by atoms with Gasteiger partial charge in [-0.15, -0.1) is 0 Å². The Labute approximate surface area is 152 Å². The lowest BCUT2D eigenvalue weighted by Gasteiger charge is -2.13. The largest absolute Gasteiger partial charge is 0.448 e. The number of nitrogens with one attached hydrogen (secondary N) is 2. The second-order valence-electron chi connectivity index (χ2n) is 5.73. The highest BCUT2D eigenvalue weighted by molar-refractivity contribution is 5.99. The number of nitro benzene ring substituents is 1. The van der Waals surface area contributed by atoms with E-state index in [0.29, 0.717) is 0 Å². The molecule has 0 fully saturated rings. The summed E-state index contributed by atoms with van der Waals surface area (Å²) in [7, 11) is 0. The number of aromatic amines is 1. The van der Waals surface area contributed by atoms with Gasteiger partial charge in [0.05, 0.1) is 4.92 Å². The van der Waals surface area contributed by atoms with Crippen molar-refractivity contribution in [1.82, 2.24) is 4.98 Å². The minimum atomic E-state index is -1.17. The molecule has 1 atom stereocenters. The van der Waals surface area contributed by atoms with E-state index in [1.54, 1.807) is 12.1 Å². The highest BCUT2D eigenvalue weighted by Crippen LogP contribution is 2.22. The van der Waals surface area contributed by atoms with Crippen molar-refractivity contribution in [3.05, 3.63) is 70.2 Å². The maximum Gasteiger partial charge on any atom is 0.355 e. The number of para-hydroxylation sites is 1. The number of nitrogens with zero attached hydrogens (tertiary/aromatic N) is 1. The predicted molar refractivity (Wildman–Crippen MR) is 94.9 cm³/mol. The van der Waals surface area contributed by atoms with E-state index in [9.17, 15) is 24.1 Å². The molecule has 0 aliphatic rings. The summed E-state index contributed by atoms with van der Waals surface area (Å²) in [6.45, 7) is 1.35. The summed E-state index contributed by atoms with van der Waals surface area (Å²) in [6.07, 6.45) is -1.17. The number of esters is 1. The molecule has 0 unspecified atom stereocenters. The summed E-state index contributed by atoms with van der Waals surface area (Å²) in [5.74, 6) is -2.45. The van der Waals surface area contributed by atoms with Gasteiger partial charge in [0, 0.05) is 22.7 Å². The standard InChI is InChI=1S/C18H14FN3O5/c1-10(17(23)20-12-6-7-13(19)16(9-12)22(25)26)27-18(24)15-8-11-4-2-3-5-14(11)21-15/h2-10,21H,1H3,(H,20,23)/t10-/m1/s1. The molecule has 0 spiro atoms. The average molecular weight is 371 g/mol. The number of halogens is 1. The highest BCUT2D eigenvalue weighted by Gasteiger charge is 2.22. The molecular weight excluding hydrogens is 357 g/mol. The molecule has 1 aromatic heterocycles. The van der Waals surface area contributed by atoms with E-state index in [4.69, 9.17) is 4.74 Å². The first kappa shape index (κ1) is 18.1. The summed E-state index contributed by atoms with van der Waals surface area (Å²) in [5.41, 5.74) is 0.186. The van der Waals surface area contributed by atoms with Crippen molar-refractivity contribution in [2.45, 2.75) is 13.0 Å². The Morgan fingerprint density at radius 3 is 2.67 bits per heavy atom. The first-order chi connectivity index (χ1) is 12.8. The number of hydrogen-bond donors (Lipinski definition) is 2. The second-order valence-corrected chi connectivity index (χ2v) is 5.73. The fourth-order valence-electron chi connectivity index (χ4n) is 2.44. The van der Waals surface area contributed by atoms with Gasteiger partial charge in [-0.1, -0.05) is 18.2 Å². The van der Waals surface area contributed by atoms with E-state index >= 15 is 0 Å². The molecule has 0 bridgehead atoms. The zero-order valence-corrected chi connectivity index (χ0v) is 14.1. The van der Waals surface area contributed by atoms with Crippen LogP contribution in [0, 0.1) is 15.9 Å². The molecule has 0 aliphatic carbocycles. The summed E-state index contributed by atoms with van der Waals surface area (Å²) < 4.78 is 18.4. The van der Waals surface area contributed by atoms with Crippen LogP contribution in [0.15, 0.2) is 48.5 Å². The fraction of sp³-hybridized carbons (Fsp3) is 0.111. The number of hydrogen-bond acceptors (Lipinski definition) is 5. The molecule has 1 amide bonds. The lowest BCUT2D eigenvalue weighted by atomic mass is 10.2. The van der Waals surface area contributed by atoms with E-state index < -0.39 is 34.4 Å². The number of amides is 1. The quantitative estimate of drug-likeness (QED) is 0.405. The van der Waals surface area contributed by atoms with Gasteiger partial charge in [-0.2, -0.15) is 4.39 Å². The molecule has 3 rings (SSSR count). The van der Waals surface area contributed by atoms with Crippen molar-refractivity contribution in [2.75, 3.05) is 5.32 Å². The number of H-pyrrole nitrogens is 1. The van der Waals surface area contributed by atoms with Crippen LogP contribution in [0.5, 0.6) is 0 Å². The third kappa shape index (κ3) is 3.92. The number of fused-ring (bicyclic) bond motifs is 1. The zero-order valence-electron chi connectivity index (χ0n) is 14.1. The van der Waals surface area contributed by atoms with Crippen molar-refractivity contribution in [1.29, 1.82) is 0 Å². The van der Waals surface area contributed by atoms with Crippen molar-refractivity contribution in [3.8, 4) is 0 Å². The van der Waals surface area contributed by atoms with Crippen LogP contribution in [0.4, 0.5) is 15.8 Å². The molecule has 0 saturated carbocycles. The molecule has 1 heterocycles. The minimum Gasteiger partial charge on any atom is -0.448 e. The van der Waals surface area contributed by atoms with E-state index in [0.717, 1.165) is 23.0 Å². The third-order valence-corrected chi connectivity index (χ3v) is 3.81. The van der Waals surface area contributed by atoms with Gasteiger partial charge in [0.25, 0.3) is 5.91 Å². The number of carbonyl (C=O) groups is 2. The third-order valence-electron chi connectivity index (χ3n) is 3.81. The Morgan fingerprint density at radius 2 is 1.96 bits per heavy atom. The number of anilines is 1. The van der Waals surface area contributed by atoms with E-state index in [1.807, 2.05) is 18.2 Å². The highest BCUT2D eigenvalue weighted by atomic mass is 19.1. The van der Waals surface area contributed by atoms with Crippen molar-refractivity contribution >= 4 is 34.2 Å². The van der Waals surface area contributed by atoms with Gasteiger partial charge < -0.3 is 15.0 Å². The zero-order chi connectivity index (χ0) is 19.6. The van der Waals surface area contributed by atoms with Crippen molar-refractivity contribution < 1.29 is 23.6 Å². The molecule has 27 heavy (non-hydrogen) atoms. The van der Waals surface area contributed by atoms with E-state index in [1.165, 1.54) is 13.0 Å². The van der Waals surface area contributed by atoms with Gasteiger partial charge in [0.15, 0.2) is 6.10 Å². The minimum absolute atomic E-state index is 0.0154. The Morgan fingerprint density at radius 1 is 1.22 bits per heavy atom. The summed E-state index contributed by atoms with van der Waals surface area (Å²) in [5, 5.41) is 13.9. The van der Waals surface area contributed by atoms with Crippen molar-refractivity contribution in [2.24, 2.45) is 0 Å². The number of nitro groups is 1. The molecule has 3 aromatic rings. The molecular formula is C18H14FN3O5. The lowest BCUT2D eigenvalue weighted by Crippen LogP contribution is -2.30. The van der Waals surface area contributed by atoms with Crippen LogP contribution in [0.3, 0.4) is 0 Å². The van der Waals surface area contributed by atoms with E-state index in [-0.39, 0.29) is 11.4 Å². The molecule has 0 aliphatic heterocycles. The molecule has 9 heteroatoms. The first-order valence-corrected chi connectivity index (χ1v) is 7.88. The lowest BCUT2D eigenvalue weighted by molar-refractivity contribution is -0.387. The molecule has 138 valence electrons. The smallest absolute Gasteiger partial charge is 0.355 e. The SMILES string of the molecule is C[C@@H](OC(=O)c1cc2ccccc2[nH]1)C(=O)Nc1ccc(F)c([N+](=O)[O-])c1. The van der Waals surface area contributed by atoms with Gasteiger partial charge in [0.2, 0.25) is 5.82 Å². The Kier molecular flexibility index (Phi) is 4.84. The number of carbonyl (C=O) groups excluding carboxylic acids is 2. The molecule has 8 nitrogen and oxygen atoms in total.